The Morgan fingerprint density at radius 2 is 1.44 bits per heavy atom. The van der Waals surface area contributed by atoms with Crippen molar-refractivity contribution in [1.82, 2.24) is 19.4 Å². The van der Waals surface area contributed by atoms with Crippen LogP contribution in [-0.4, -0.2) is 39.0 Å². The molecular formula is C35H40N4. The lowest BCUT2D eigenvalue weighted by Crippen LogP contribution is -2.31. The lowest BCUT2D eigenvalue weighted by molar-refractivity contribution is 0.263. The van der Waals surface area contributed by atoms with E-state index in [1.165, 1.54) is 28.0 Å². The van der Waals surface area contributed by atoms with E-state index >= 15 is 0 Å². The maximum Gasteiger partial charge on any atom is 0.140 e. The molecule has 1 aromatic heterocycles. The fraction of sp³-hybridized carbons (Fsp3) is 0.286. The Morgan fingerprint density at radius 3 is 2.10 bits per heavy atom. The van der Waals surface area contributed by atoms with Crippen LogP contribution in [0.1, 0.15) is 37.9 Å². The van der Waals surface area contributed by atoms with Crippen molar-refractivity contribution in [3.8, 4) is 22.6 Å². The van der Waals surface area contributed by atoms with E-state index in [2.05, 4.69) is 138 Å². The van der Waals surface area contributed by atoms with Crippen LogP contribution in [0.5, 0.6) is 0 Å². The molecule has 200 valence electrons. The maximum atomic E-state index is 5.34. The maximum absolute atomic E-state index is 5.34. The van der Waals surface area contributed by atoms with Crippen LogP contribution in [0, 0.1) is 0 Å². The first kappa shape index (κ1) is 26.7. The second-order valence-corrected chi connectivity index (χ2v) is 10.3. The number of hydrogen-bond acceptors (Lipinski definition) is 3. The van der Waals surface area contributed by atoms with Gasteiger partial charge in [0.15, 0.2) is 0 Å². The first-order valence-corrected chi connectivity index (χ1v) is 14.3. The molecule has 0 unspecified atom stereocenters. The van der Waals surface area contributed by atoms with E-state index in [1.54, 1.807) is 0 Å². The second kappa shape index (κ2) is 13.3. The molecule has 1 aliphatic heterocycles. The van der Waals surface area contributed by atoms with Gasteiger partial charge in [-0.3, -0.25) is 4.90 Å². The van der Waals surface area contributed by atoms with Crippen LogP contribution in [0.4, 0.5) is 0 Å². The van der Waals surface area contributed by atoms with Crippen molar-refractivity contribution in [2.75, 3.05) is 19.6 Å². The van der Waals surface area contributed by atoms with Crippen molar-refractivity contribution in [2.24, 2.45) is 0 Å². The van der Waals surface area contributed by atoms with E-state index in [9.17, 15) is 0 Å². The zero-order chi connectivity index (χ0) is 26.9. The number of allylic oxidation sites excluding steroid dienone is 2. The van der Waals surface area contributed by atoms with Crippen LogP contribution in [0.25, 0.3) is 22.6 Å². The molecule has 39 heavy (non-hydrogen) atoms. The molecular weight excluding hydrogens is 476 g/mol. The largest absolute Gasteiger partial charge is 0.374 e. The van der Waals surface area contributed by atoms with E-state index < -0.39 is 0 Å². The fourth-order valence-electron chi connectivity index (χ4n) is 5.33. The molecule has 0 spiro atoms. The fourth-order valence-corrected chi connectivity index (χ4v) is 5.33. The first-order chi connectivity index (χ1) is 19.2. The van der Waals surface area contributed by atoms with Gasteiger partial charge in [-0.25, -0.2) is 4.98 Å². The SMILES string of the molecule is CCCCn1c(-c2ccccc2)nc(-c2ccccc2)c1CN(CC1=CC=CN(CC)C1)Cc1ccccc1. The lowest BCUT2D eigenvalue weighted by Gasteiger charge is -2.29. The number of hydrogen-bond donors (Lipinski definition) is 0. The Labute approximate surface area is 233 Å². The summed E-state index contributed by atoms with van der Waals surface area (Å²) < 4.78 is 2.49. The van der Waals surface area contributed by atoms with Crippen LogP contribution < -0.4 is 0 Å². The molecule has 0 N–H and O–H groups in total. The van der Waals surface area contributed by atoms with Crippen molar-refractivity contribution < 1.29 is 0 Å². The van der Waals surface area contributed by atoms with Crippen LogP contribution in [0.2, 0.25) is 0 Å². The van der Waals surface area contributed by atoms with Crippen molar-refractivity contribution in [1.29, 1.82) is 0 Å². The highest BCUT2D eigenvalue weighted by molar-refractivity contribution is 5.68. The Kier molecular flexibility index (Phi) is 9.08. The van der Waals surface area contributed by atoms with Crippen molar-refractivity contribution >= 4 is 0 Å². The number of nitrogens with zero attached hydrogens (tertiary/aromatic N) is 4. The van der Waals surface area contributed by atoms with Crippen LogP contribution in [0.3, 0.4) is 0 Å². The molecule has 4 heteroatoms. The number of imidazole rings is 1. The average Bonchev–Trinajstić information content (AvgIpc) is 3.35. The molecule has 0 amide bonds. The zero-order valence-corrected chi connectivity index (χ0v) is 23.3. The van der Waals surface area contributed by atoms with Crippen LogP contribution in [0.15, 0.2) is 115 Å². The number of likely N-dealkylation sites (N-methyl/N-ethyl adjacent to an activating group) is 1. The number of aromatic nitrogens is 2. The monoisotopic (exact) mass is 516 g/mol. The summed E-state index contributed by atoms with van der Waals surface area (Å²) in [6.07, 6.45) is 8.96. The van der Waals surface area contributed by atoms with Gasteiger partial charge in [0.25, 0.3) is 0 Å². The minimum absolute atomic E-state index is 0.829. The van der Waals surface area contributed by atoms with Crippen molar-refractivity contribution in [3.63, 3.8) is 0 Å². The first-order valence-electron chi connectivity index (χ1n) is 14.3. The molecule has 0 saturated carbocycles. The third-order valence-electron chi connectivity index (χ3n) is 7.38. The molecule has 4 aromatic rings. The van der Waals surface area contributed by atoms with Gasteiger partial charge < -0.3 is 9.47 Å². The summed E-state index contributed by atoms with van der Waals surface area (Å²) in [7, 11) is 0. The molecule has 3 aromatic carbocycles. The number of benzene rings is 3. The molecule has 0 saturated heterocycles. The highest BCUT2D eigenvalue weighted by Crippen LogP contribution is 2.31. The van der Waals surface area contributed by atoms with Gasteiger partial charge in [-0.05, 0) is 36.8 Å². The smallest absolute Gasteiger partial charge is 0.140 e. The number of rotatable bonds is 12. The average molecular weight is 517 g/mol. The van der Waals surface area contributed by atoms with Gasteiger partial charge in [-0.2, -0.15) is 0 Å². The number of unbranched alkanes of at least 4 members (excludes halogenated alkanes) is 1. The highest BCUT2D eigenvalue weighted by Gasteiger charge is 2.22. The molecule has 5 rings (SSSR count). The van der Waals surface area contributed by atoms with Gasteiger partial charge >= 0.3 is 0 Å². The van der Waals surface area contributed by atoms with Gasteiger partial charge in [-0.1, -0.05) is 110 Å². The summed E-state index contributed by atoms with van der Waals surface area (Å²) in [6, 6.07) is 32.2. The molecule has 0 fully saturated rings. The quantitative estimate of drug-likeness (QED) is 0.192. The minimum atomic E-state index is 0.829. The summed E-state index contributed by atoms with van der Waals surface area (Å²) in [6.45, 7) is 10.1. The van der Waals surface area contributed by atoms with Crippen molar-refractivity contribution in [3.05, 3.63) is 126 Å². The van der Waals surface area contributed by atoms with Crippen LogP contribution in [-0.2, 0) is 19.6 Å². The Morgan fingerprint density at radius 1 is 0.769 bits per heavy atom. The minimum Gasteiger partial charge on any atom is -0.374 e. The molecule has 0 bridgehead atoms. The van der Waals surface area contributed by atoms with Gasteiger partial charge in [0, 0.05) is 50.4 Å². The normalized spacial score (nSPS) is 13.2. The zero-order valence-electron chi connectivity index (χ0n) is 23.3. The van der Waals surface area contributed by atoms with Gasteiger partial charge in [0.2, 0.25) is 0 Å². The van der Waals surface area contributed by atoms with Crippen molar-refractivity contribution in [2.45, 2.75) is 46.3 Å². The van der Waals surface area contributed by atoms with E-state index in [0.717, 1.165) is 63.6 Å². The summed E-state index contributed by atoms with van der Waals surface area (Å²) in [4.78, 5) is 10.3. The van der Waals surface area contributed by atoms with Gasteiger partial charge in [-0.15, -0.1) is 0 Å². The standard InChI is InChI=1S/C35H40N4/c1-3-5-24-39-33(34(31-19-11-7-12-20-31)36-35(39)32-21-13-8-14-22-32)28-38(25-29-16-9-6-10-17-29)27-30-18-15-23-37(4-2)26-30/h6-23H,3-5,24-28H2,1-2H3. The topological polar surface area (TPSA) is 24.3 Å². The van der Waals surface area contributed by atoms with E-state index in [0.29, 0.717) is 0 Å². The van der Waals surface area contributed by atoms with E-state index in [4.69, 9.17) is 4.98 Å². The summed E-state index contributed by atoms with van der Waals surface area (Å²) in [5, 5.41) is 0. The lowest BCUT2D eigenvalue weighted by atomic mass is 10.1. The van der Waals surface area contributed by atoms with Gasteiger partial charge in [0.05, 0.1) is 11.4 Å². The predicted octanol–water partition coefficient (Wildman–Crippen LogP) is 7.80. The highest BCUT2D eigenvalue weighted by atomic mass is 15.2. The third kappa shape index (κ3) is 6.76. The summed E-state index contributed by atoms with van der Waals surface area (Å²) in [5.41, 5.74) is 7.52. The molecule has 0 aliphatic carbocycles. The Balaban J connectivity index is 1.58. The second-order valence-electron chi connectivity index (χ2n) is 10.3. The molecule has 4 nitrogen and oxygen atoms in total. The molecule has 2 heterocycles. The molecule has 0 atom stereocenters. The van der Waals surface area contributed by atoms with Crippen LogP contribution >= 0.6 is 0 Å². The Bertz CT molecular complexity index is 1370. The summed E-state index contributed by atoms with van der Waals surface area (Å²) >= 11 is 0. The molecule has 0 radical (unpaired) electrons. The van der Waals surface area contributed by atoms with E-state index in [1.807, 2.05) is 0 Å². The summed E-state index contributed by atoms with van der Waals surface area (Å²) in [5.74, 6) is 1.06. The molecule has 1 aliphatic rings. The third-order valence-corrected chi connectivity index (χ3v) is 7.38. The van der Waals surface area contributed by atoms with Gasteiger partial charge in [0.1, 0.15) is 5.82 Å². The van der Waals surface area contributed by atoms with E-state index in [-0.39, 0.29) is 0 Å². The Hall–Kier alpha value is -3.89. The predicted molar refractivity (Wildman–Crippen MR) is 163 cm³/mol.